The summed E-state index contributed by atoms with van der Waals surface area (Å²) in [5, 5.41) is 5.58. The minimum Gasteiger partial charge on any atom is -0.345 e. The summed E-state index contributed by atoms with van der Waals surface area (Å²) in [5.41, 5.74) is 1.93. The topological polar surface area (TPSA) is 61.4 Å². The van der Waals surface area contributed by atoms with Crippen LogP contribution in [0.1, 0.15) is 15.9 Å². The normalized spacial score (nSPS) is 10.3. The van der Waals surface area contributed by atoms with Crippen LogP contribution in [-0.4, -0.2) is 35.9 Å². The number of para-hydroxylation sites is 1. The van der Waals surface area contributed by atoms with Gasteiger partial charge in [0.25, 0.3) is 5.91 Å². The summed E-state index contributed by atoms with van der Waals surface area (Å²) in [7, 11) is 3.35. The van der Waals surface area contributed by atoms with Crippen LogP contribution in [-0.2, 0) is 4.79 Å². The molecule has 0 aromatic heterocycles. The van der Waals surface area contributed by atoms with E-state index in [2.05, 4.69) is 10.6 Å². The lowest BCUT2D eigenvalue weighted by atomic mass is 10.1. The molecule has 0 radical (unpaired) electrons. The van der Waals surface area contributed by atoms with Crippen LogP contribution in [0, 0.1) is 0 Å². The monoisotopic (exact) mass is 353 g/mol. The highest BCUT2D eigenvalue weighted by Gasteiger charge is 2.13. The van der Waals surface area contributed by atoms with Crippen LogP contribution in [0.15, 0.2) is 60.7 Å². The van der Waals surface area contributed by atoms with Gasteiger partial charge in [-0.05, 0) is 36.0 Å². The number of carbonyl (C=O) groups is 2. The first kappa shape index (κ1) is 18.4. The summed E-state index contributed by atoms with van der Waals surface area (Å²) in [6, 6.07) is 16.5. The van der Waals surface area contributed by atoms with Gasteiger partial charge in [-0.3, -0.25) is 14.9 Å². The van der Waals surface area contributed by atoms with Gasteiger partial charge in [-0.2, -0.15) is 0 Å². The van der Waals surface area contributed by atoms with Gasteiger partial charge in [0.1, 0.15) is 0 Å². The van der Waals surface area contributed by atoms with Crippen molar-refractivity contribution in [3.63, 3.8) is 0 Å². The second-order valence-electron chi connectivity index (χ2n) is 5.43. The Morgan fingerprint density at radius 3 is 2.32 bits per heavy atom. The standard InChI is InChI=1S/C19H19N3O2S/c1-22(2)18(24)15-10-6-7-11-16(15)20-19(25)21-17(23)13-12-14-8-4-3-5-9-14/h3-13H,1-2H3,(H2,20,21,23,25). The first-order chi connectivity index (χ1) is 12.0. The molecule has 25 heavy (non-hydrogen) atoms. The lowest BCUT2D eigenvalue weighted by Crippen LogP contribution is -2.33. The molecule has 5 nitrogen and oxygen atoms in total. The first-order valence-electron chi connectivity index (χ1n) is 7.63. The number of amides is 2. The molecule has 0 aliphatic rings. The quantitative estimate of drug-likeness (QED) is 0.655. The van der Waals surface area contributed by atoms with Crippen LogP contribution in [0.5, 0.6) is 0 Å². The zero-order chi connectivity index (χ0) is 18.2. The Morgan fingerprint density at radius 2 is 1.64 bits per heavy atom. The molecule has 128 valence electrons. The fraction of sp³-hybridized carbons (Fsp3) is 0.105. The van der Waals surface area contributed by atoms with Crippen molar-refractivity contribution < 1.29 is 9.59 Å². The number of hydrogen-bond donors (Lipinski definition) is 2. The molecule has 0 aliphatic carbocycles. The molecule has 2 rings (SSSR count). The number of nitrogens with one attached hydrogen (secondary N) is 2. The molecule has 2 N–H and O–H groups in total. The number of carbonyl (C=O) groups excluding carboxylic acids is 2. The predicted octanol–water partition coefficient (Wildman–Crippen LogP) is 2.91. The molecular formula is C19H19N3O2S. The smallest absolute Gasteiger partial charge is 0.255 e. The summed E-state index contributed by atoms with van der Waals surface area (Å²) in [5.74, 6) is -0.501. The Bertz CT molecular complexity index is 801. The lowest BCUT2D eigenvalue weighted by molar-refractivity contribution is -0.115. The van der Waals surface area contributed by atoms with Gasteiger partial charge in [0.05, 0.1) is 11.3 Å². The highest BCUT2D eigenvalue weighted by Crippen LogP contribution is 2.16. The molecule has 2 aromatic carbocycles. The number of benzene rings is 2. The minimum absolute atomic E-state index is 0.127. The van der Waals surface area contributed by atoms with Gasteiger partial charge in [0.2, 0.25) is 5.91 Å². The van der Waals surface area contributed by atoms with Crippen molar-refractivity contribution in [3.05, 3.63) is 71.8 Å². The second kappa shape index (κ2) is 8.75. The Hall–Kier alpha value is -2.99. The molecule has 0 spiro atoms. The van der Waals surface area contributed by atoms with Crippen LogP contribution in [0.2, 0.25) is 0 Å². The maximum Gasteiger partial charge on any atom is 0.255 e. The lowest BCUT2D eigenvalue weighted by Gasteiger charge is -2.15. The third-order valence-corrected chi connectivity index (χ3v) is 3.48. The Labute approximate surface area is 152 Å². The fourth-order valence-corrected chi connectivity index (χ4v) is 2.27. The summed E-state index contributed by atoms with van der Waals surface area (Å²) in [6.07, 6.45) is 3.10. The molecular weight excluding hydrogens is 334 g/mol. The van der Waals surface area contributed by atoms with E-state index in [4.69, 9.17) is 12.2 Å². The third-order valence-electron chi connectivity index (χ3n) is 3.28. The van der Waals surface area contributed by atoms with E-state index < -0.39 is 0 Å². The third kappa shape index (κ3) is 5.54. The molecule has 0 heterocycles. The number of anilines is 1. The molecule has 0 aliphatic heterocycles. The minimum atomic E-state index is -0.349. The number of hydrogen-bond acceptors (Lipinski definition) is 3. The molecule has 0 unspecified atom stereocenters. The average molecular weight is 353 g/mol. The van der Waals surface area contributed by atoms with Crippen molar-refractivity contribution >= 4 is 40.9 Å². The SMILES string of the molecule is CN(C)C(=O)c1ccccc1NC(=S)NC(=O)C=Cc1ccccc1. The van der Waals surface area contributed by atoms with Gasteiger partial charge >= 0.3 is 0 Å². The average Bonchev–Trinajstić information content (AvgIpc) is 2.60. The van der Waals surface area contributed by atoms with E-state index in [1.807, 2.05) is 30.3 Å². The van der Waals surface area contributed by atoms with E-state index in [1.165, 1.54) is 11.0 Å². The van der Waals surface area contributed by atoms with Crippen LogP contribution < -0.4 is 10.6 Å². The number of nitrogens with zero attached hydrogens (tertiary/aromatic N) is 1. The molecule has 0 atom stereocenters. The summed E-state index contributed by atoms with van der Waals surface area (Å²) < 4.78 is 0. The Morgan fingerprint density at radius 1 is 1.00 bits per heavy atom. The van der Waals surface area contributed by atoms with E-state index in [0.29, 0.717) is 11.3 Å². The predicted molar refractivity (Wildman–Crippen MR) is 104 cm³/mol. The van der Waals surface area contributed by atoms with Crippen molar-refractivity contribution in [2.75, 3.05) is 19.4 Å². The summed E-state index contributed by atoms with van der Waals surface area (Å²) in [6.45, 7) is 0. The van der Waals surface area contributed by atoms with E-state index in [0.717, 1.165) is 5.56 Å². The molecule has 2 amide bonds. The zero-order valence-electron chi connectivity index (χ0n) is 14.0. The van der Waals surface area contributed by atoms with Crippen LogP contribution >= 0.6 is 12.2 Å². The molecule has 0 bridgehead atoms. The first-order valence-corrected chi connectivity index (χ1v) is 8.04. The van der Waals surface area contributed by atoms with Gasteiger partial charge in [-0.25, -0.2) is 0 Å². The Balaban J connectivity index is 2.00. The van der Waals surface area contributed by atoms with E-state index in [-0.39, 0.29) is 16.9 Å². The van der Waals surface area contributed by atoms with Crippen molar-refractivity contribution in [3.8, 4) is 0 Å². The zero-order valence-corrected chi connectivity index (χ0v) is 14.8. The van der Waals surface area contributed by atoms with Crippen LogP contribution in [0.4, 0.5) is 5.69 Å². The highest BCUT2D eigenvalue weighted by atomic mass is 32.1. The number of rotatable bonds is 4. The molecule has 0 saturated carbocycles. The van der Waals surface area contributed by atoms with E-state index in [1.54, 1.807) is 44.4 Å². The maximum atomic E-state index is 12.2. The van der Waals surface area contributed by atoms with E-state index >= 15 is 0 Å². The maximum absolute atomic E-state index is 12.2. The summed E-state index contributed by atoms with van der Waals surface area (Å²) >= 11 is 5.15. The second-order valence-corrected chi connectivity index (χ2v) is 5.84. The Kier molecular flexibility index (Phi) is 6.42. The van der Waals surface area contributed by atoms with Gasteiger partial charge in [-0.15, -0.1) is 0 Å². The van der Waals surface area contributed by atoms with Crippen molar-refractivity contribution in [2.24, 2.45) is 0 Å². The van der Waals surface area contributed by atoms with Gasteiger partial charge in [0, 0.05) is 20.2 Å². The van der Waals surface area contributed by atoms with Crippen LogP contribution in [0.25, 0.3) is 6.08 Å². The van der Waals surface area contributed by atoms with Crippen molar-refractivity contribution in [1.29, 1.82) is 0 Å². The number of thiocarbonyl (C=S) groups is 1. The fourth-order valence-electron chi connectivity index (χ4n) is 2.06. The highest BCUT2D eigenvalue weighted by molar-refractivity contribution is 7.80. The summed E-state index contributed by atoms with van der Waals surface area (Å²) in [4.78, 5) is 25.6. The largest absolute Gasteiger partial charge is 0.345 e. The molecule has 6 heteroatoms. The van der Waals surface area contributed by atoms with Gasteiger partial charge in [0.15, 0.2) is 5.11 Å². The molecule has 0 fully saturated rings. The van der Waals surface area contributed by atoms with E-state index in [9.17, 15) is 9.59 Å². The van der Waals surface area contributed by atoms with Gasteiger partial charge < -0.3 is 10.2 Å². The van der Waals surface area contributed by atoms with Gasteiger partial charge in [-0.1, -0.05) is 42.5 Å². The van der Waals surface area contributed by atoms with Crippen LogP contribution in [0.3, 0.4) is 0 Å². The van der Waals surface area contributed by atoms with Crippen molar-refractivity contribution in [2.45, 2.75) is 0 Å². The van der Waals surface area contributed by atoms with Crippen molar-refractivity contribution in [1.82, 2.24) is 10.2 Å². The molecule has 2 aromatic rings. The molecule has 0 saturated heterocycles.